The molecule has 7 heteroatoms. The SMILES string of the molecule is Cc1cc(F)ccc1OC1C=C/C=C/N=C(/CNCC(N)=O)N(C2CC2)/C=C/1. The van der Waals surface area contributed by atoms with Gasteiger partial charge in [-0.15, -0.1) is 0 Å². The Hall–Kier alpha value is -2.93. The highest BCUT2D eigenvalue weighted by Crippen LogP contribution is 2.28. The molecule has 1 amide bonds. The van der Waals surface area contributed by atoms with Crippen molar-refractivity contribution >= 4 is 11.7 Å². The van der Waals surface area contributed by atoms with E-state index in [0.717, 1.165) is 24.2 Å². The van der Waals surface area contributed by atoms with Crippen LogP contribution in [-0.4, -0.2) is 41.9 Å². The molecule has 3 N–H and O–H groups in total. The van der Waals surface area contributed by atoms with Crippen LogP contribution in [0.15, 0.2) is 59.9 Å². The molecule has 3 rings (SSSR count). The smallest absolute Gasteiger partial charge is 0.231 e. The van der Waals surface area contributed by atoms with Crippen LogP contribution in [-0.2, 0) is 4.79 Å². The van der Waals surface area contributed by atoms with Crippen molar-refractivity contribution in [1.29, 1.82) is 0 Å². The summed E-state index contributed by atoms with van der Waals surface area (Å²) in [6.07, 6.45) is 13.1. The first-order chi connectivity index (χ1) is 13.5. The van der Waals surface area contributed by atoms with Gasteiger partial charge in [0.15, 0.2) is 0 Å². The molecule has 0 saturated heterocycles. The van der Waals surface area contributed by atoms with E-state index in [1.54, 1.807) is 12.3 Å². The van der Waals surface area contributed by atoms with Crippen molar-refractivity contribution in [1.82, 2.24) is 10.2 Å². The molecule has 0 aromatic heterocycles. The minimum Gasteiger partial charge on any atom is -0.482 e. The van der Waals surface area contributed by atoms with Gasteiger partial charge < -0.3 is 20.7 Å². The third-order valence-corrected chi connectivity index (χ3v) is 4.38. The molecule has 1 fully saturated rings. The number of nitrogens with two attached hydrogens (primary N) is 1. The van der Waals surface area contributed by atoms with Crippen molar-refractivity contribution in [2.24, 2.45) is 10.7 Å². The molecular formula is C21H25FN4O2. The second kappa shape index (κ2) is 9.32. The highest BCUT2D eigenvalue weighted by molar-refractivity contribution is 5.87. The largest absolute Gasteiger partial charge is 0.482 e. The van der Waals surface area contributed by atoms with Gasteiger partial charge in [-0.2, -0.15) is 0 Å². The van der Waals surface area contributed by atoms with Crippen LogP contribution in [0.3, 0.4) is 0 Å². The van der Waals surface area contributed by atoms with Crippen LogP contribution in [0.4, 0.5) is 4.39 Å². The minimum atomic E-state index is -0.407. The van der Waals surface area contributed by atoms with Crippen LogP contribution in [0.5, 0.6) is 5.75 Å². The van der Waals surface area contributed by atoms with Crippen LogP contribution in [0.25, 0.3) is 0 Å². The van der Waals surface area contributed by atoms with Crippen molar-refractivity contribution in [2.45, 2.75) is 31.9 Å². The number of carbonyl (C=O) groups is 1. The normalized spacial score (nSPS) is 23.6. The molecule has 1 aliphatic heterocycles. The number of aliphatic imine (C=N–C) groups is 1. The molecule has 0 bridgehead atoms. The maximum atomic E-state index is 13.3. The number of amides is 1. The molecule has 1 saturated carbocycles. The summed E-state index contributed by atoms with van der Waals surface area (Å²) in [7, 11) is 0. The Kier molecular flexibility index (Phi) is 6.60. The zero-order chi connectivity index (χ0) is 19.9. The fraction of sp³-hybridized carbons (Fsp3) is 0.333. The van der Waals surface area contributed by atoms with Gasteiger partial charge >= 0.3 is 0 Å². The number of hydrogen-bond donors (Lipinski definition) is 2. The molecule has 0 radical (unpaired) electrons. The summed E-state index contributed by atoms with van der Waals surface area (Å²) in [5.41, 5.74) is 5.94. The van der Waals surface area contributed by atoms with Crippen molar-refractivity contribution in [2.75, 3.05) is 13.1 Å². The summed E-state index contributed by atoms with van der Waals surface area (Å²) in [6.45, 7) is 2.35. The van der Waals surface area contributed by atoms with Gasteiger partial charge in [0.2, 0.25) is 5.91 Å². The van der Waals surface area contributed by atoms with Crippen LogP contribution in [0, 0.1) is 12.7 Å². The molecule has 1 unspecified atom stereocenters. The van der Waals surface area contributed by atoms with Gasteiger partial charge in [0, 0.05) is 18.4 Å². The van der Waals surface area contributed by atoms with Crippen LogP contribution < -0.4 is 15.8 Å². The number of benzene rings is 1. The predicted molar refractivity (Wildman–Crippen MR) is 107 cm³/mol. The second-order valence-electron chi connectivity index (χ2n) is 6.81. The number of hydrogen-bond acceptors (Lipinski definition) is 5. The molecule has 1 atom stereocenters. The molecule has 0 spiro atoms. The van der Waals surface area contributed by atoms with Crippen LogP contribution in [0.1, 0.15) is 18.4 Å². The fourth-order valence-electron chi connectivity index (χ4n) is 2.84. The lowest BCUT2D eigenvalue weighted by Crippen LogP contribution is -2.39. The molecular weight excluding hydrogens is 359 g/mol. The van der Waals surface area contributed by atoms with Gasteiger partial charge in [0.1, 0.15) is 23.5 Å². The quantitative estimate of drug-likeness (QED) is 0.757. The number of nitrogens with one attached hydrogen (secondary N) is 1. The number of ether oxygens (including phenoxy) is 1. The minimum absolute atomic E-state index is 0.0977. The predicted octanol–water partition coefficient (Wildman–Crippen LogP) is 2.42. The Morgan fingerprint density at radius 2 is 2.18 bits per heavy atom. The number of halogens is 1. The van der Waals surface area contributed by atoms with E-state index >= 15 is 0 Å². The average molecular weight is 384 g/mol. The molecule has 148 valence electrons. The number of carbonyl (C=O) groups excluding carboxylic acids is 1. The Labute approximate surface area is 164 Å². The topological polar surface area (TPSA) is 80.0 Å². The van der Waals surface area contributed by atoms with Gasteiger partial charge in [0.05, 0.1) is 13.1 Å². The third-order valence-electron chi connectivity index (χ3n) is 4.38. The summed E-state index contributed by atoms with van der Waals surface area (Å²) in [5, 5.41) is 3.02. The van der Waals surface area contributed by atoms with E-state index in [1.165, 1.54) is 12.1 Å². The van der Waals surface area contributed by atoms with E-state index in [0.29, 0.717) is 18.3 Å². The lowest BCUT2D eigenvalue weighted by Gasteiger charge is -2.23. The third kappa shape index (κ3) is 5.79. The summed E-state index contributed by atoms with van der Waals surface area (Å²) in [4.78, 5) is 17.6. The van der Waals surface area contributed by atoms with Crippen LogP contribution in [0.2, 0.25) is 0 Å². The molecule has 1 heterocycles. The first-order valence-corrected chi connectivity index (χ1v) is 9.31. The molecule has 6 nitrogen and oxygen atoms in total. The van der Waals surface area contributed by atoms with E-state index in [2.05, 4.69) is 15.2 Å². The van der Waals surface area contributed by atoms with Gasteiger partial charge in [-0.3, -0.25) is 4.79 Å². The Bertz CT molecular complexity index is 828. The van der Waals surface area contributed by atoms with Gasteiger partial charge in [-0.1, -0.05) is 6.08 Å². The van der Waals surface area contributed by atoms with Crippen molar-refractivity contribution in [3.8, 4) is 5.75 Å². The zero-order valence-corrected chi connectivity index (χ0v) is 15.8. The second-order valence-corrected chi connectivity index (χ2v) is 6.81. The number of allylic oxidation sites excluding steroid dienone is 2. The molecule has 1 aliphatic carbocycles. The highest BCUT2D eigenvalue weighted by atomic mass is 19.1. The van der Waals surface area contributed by atoms with Crippen LogP contribution >= 0.6 is 0 Å². The van der Waals surface area contributed by atoms with Crippen molar-refractivity contribution in [3.63, 3.8) is 0 Å². The van der Waals surface area contributed by atoms with Crippen molar-refractivity contribution < 1.29 is 13.9 Å². The highest BCUT2D eigenvalue weighted by Gasteiger charge is 2.30. The Morgan fingerprint density at radius 3 is 2.89 bits per heavy atom. The molecule has 1 aromatic carbocycles. The Balaban J connectivity index is 1.77. The van der Waals surface area contributed by atoms with Gasteiger partial charge in [-0.25, -0.2) is 9.38 Å². The lowest BCUT2D eigenvalue weighted by atomic mass is 10.2. The number of rotatable bonds is 7. The average Bonchev–Trinajstić information content (AvgIpc) is 3.47. The summed E-state index contributed by atoms with van der Waals surface area (Å²) in [6, 6.07) is 4.87. The first-order valence-electron chi connectivity index (χ1n) is 9.31. The molecule has 2 aliphatic rings. The fourth-order valence-corrected chi connectivity index (χ4v) is 2.84. The van der Waals surface area contributed by atoms with Crippen molar-refractivity contribution in [3.05, 3.63) is 66.3 Å². The summed E-state index contributed by atoms with van der Waals surface area (Å²) >= 11 is 0. The van der Waals surface area contributed by atoms with E-state index in [9.17, 15) is 9.18 Å². The Morgan fingerprint density at radius 1 is 1.36 bits per heavy atom. The maximum Gasteiger partial charge on any atom is 0.231 e. The summed E-state index contributed by atoms with van der Waals surface area (Å²) in [5.74, 6) is 0.754. The van der Waals surface area contributed by atoms with Gasteiger partial charge in [-0.05, 0) is 61.8 Å². The zero-order valence-electron chi connectivity index (χ0n) is 15.8. The maximum absolute atomic E-state index is 13.3. The number of nitrogens with zero attached hydrogens (tertiary/aromatic N) is 2. The number of primary amides is 1. The lowest BCUT2D eigenvalue weighted by molar-refractivity contribution is -0.117. The van der Waals surface area contributed by atoms with Gasteiger partial charge in [0.25, 0.3) is 0 Å². The van der Waals surface area contributed by atoms with E-state index in [-0.39, 0.29) is 18.5 Å². The standard InChI is InChI=1S/C21H25FN4O2/c1-15-12-16(22)5-8-19(15)28-18-4-2-3-10-25-21(14-24-13-20(23)27)26(11-9-18)17-6-7-17/h2-5,8-12,17-18,24H,6-7,13-14H2,1H3,(H2,23,27)/b4-2?,10-3+,11-9+,25-21-. The summed E-state index contributed by atoms with van der Waals surface area (Å²) < 4.78 is 19.4. The monoisotopic (exact) mass is 384 g/mol. The van der Waals surface area contributed by atoms with E-state index in [4.69, 9.17) is 10.5 Å². The van der Waals surface area contributed by atoms with E-state index in [1.807, 2.05) is 37.4 Å². The molecule has 1 aromatic rings. The number of aryl methyl sites for hydroxylation is 1. The number of amidine groups is 1. The first kappa shape index (κ1) is 19.8. The van der Waals surface area contributed by atoms with E-state index < -0.39 is 5.91 Å². The molecule has 28 heavy (non-hydrogen) atoms.